The van der Waals surface area contributed by atoms with Crippen molar-refractivity contribution in [1.82, 2.24) is 9.78 Å². The Bertz CT molecular complexity index is 1040. The Morgan fingerprint density at radius 3 is 2.12 bits per heavy atom. The van der Waals surface area contributed by atoms with Crippen molar-refractivity contribution in [3.8, 4) is 22.4 Å². The summed E-state index contributed by atoms with van der Waals surface area (Å²) in [5.74, 6) is 0. The number of primary sulfonamides is 1. The Labute approximate surface area is 148 Å². The van der Waals surface area contributed by atoms with Gasteiger partial charge in [-0.05, 0) is 29.8 Å². The van der Waals surface area contributed by atoms with Crippen molar-refractivity contribution >= 4 is 27.7 Å². The van der Waals surface area contributed by atoms with Crippen LogP contribution >= 0.6 is 11.6 Å². The molecule has 9 heteroatoms. The van der Waals surface area contributed by atoms with Gasteiger partial charge in [0.2, 0.25) is 10.0 Å². The average Bonchev–Trinajstić information content (AvgIpc) is 3.00. The molecule has 0 fully saturated rings. The molecule has 128 valence electrons. The molecule has 0 amide bonds. The van der Waals surface area contributed by atoms with E-state index in [0.29, 0.717) is 27.4 Å². The van der Waals surface area contributed by atoms with Crippen molar-refractivity contribution in [2.24, 2.45) is 5.14 Å². The van der Waals surface area contributed by atoms with E-state index in [1.165, 1.54) is 18.3 Å². The van der Waals surface area contributed by atoms with Crippen LogP contribution in [0.2, 0.25) is 5.02 Å². The van der Waals surface area contributed by atoms with E-state index in [-0.39, 0.29) is 4.90 Å². The van der Waals surface area contributed by atoms with Gasteiger partial charge in [-0.15, -0.1) is 0 Å². The van der Waals surface area contributed by atoms with Gasteiger partial charge in [0.25, 0.3) is 0 Å². The van der Waals surface area contributed by atoms with Crippen molar-refractivity contribution in [2.75, 3.05) is 0 Å². The second-order valence-corrected chi connectivity index (χ2v) is 7.18. The fourth-order valence-electron chi connectivity index (χ4n) is 2.41. The lowest BCUT2D eigenvalue weighted by atomic mass is 10.0. The molecule has 0 spiro atoms. The van der Waals surface area contributed by atoms with Crippen LogP contribution in [0.15, 0.2) is 59.6 Å². The first kappa shape index (κ1) is 17.2. The fourth-order valence-corrected chi connectivity index (χ4v) is 3.06. The standard InChI is InChI=1S/C16H12ClN3O4S/c17-12-5-1-11(2-6-12)15-14(9-19-20(15)16(21)22)10-3-7-13(8-4-10)25(18,23)24/h1-9H,(H,21,22)(H2,18,23,24). The number of benzene rings is 2. The van der Waals surface area contributed by atoms with Gasteiger partial charge in [0.15, 0.2) is 0 Å². The summed E-state index contributed by atoms with van der Waals surface area (Å²) in [6.45, 7) is 0. The Hall–Kier alpha value is -2.68. The van der Waals surface area contributed by atoms with Gasteiger partial charge in [0, 0.05) is 16.1 Å². The predicted octanol–water partition coefficient (Wildman–Crippen LogP) is 3.04. The lowest BCUT2D eigenvalue weighted by molar-refractivity contribution is 0.193. The summed E-state index contributed by atoms with van der Waals surface area (Å²) in [5.41, 5.74) is 2.10. The number of carboxylic acid groups (broad SMARTS) is 1. The largest absolute Gasteiger partial charge is 0.463 e. The van der Waals surface area contributed by atoms with Gasteiger partial charge in [-0.2, -0.15) is 9.78 Å². The van der Waals surface area contributed by atoms with Crippen molar-refractivity contribution < 1.29 is 18.3 Å². The topological polar surface area (TPSA) is 115 Å². The van der Waals surface area contributed by atoms with Crippen LogP contribution in [0.4, 0.5) is 4.79 Å². The molecule has 0 bridgehead atoms. The SMILES string of the molecule is NS(=O)(=O)c1ccc(-c2cnn(C(=O)O)c2-c2ccc(Cl)cc2)cc1. The summed E-state index contributed by atoms with van der Waals surface area (Å²) < 4.78 is 23.6. The number of halogens is 1. The summed E-state index contributed by atoms with van der Waals surface area (Å²) >= 11 is 5.88. The molecule has 1 heterocycles. The second kappa shape index (κ2) is 6.32. The predicted molar refractivity (Wildman–Crippen MR) is 92.9 cm³/mol. The lowest BCUT2D eigenvalue weighted by Gasteiger charge is -2.08. The van der Waals surface area contributed by atoms with Crippen molar-refractivity contribution in [3.05, 3.63) is 59.8 Å². The zero-order valence-electron chi connectivity index (χ0n) is 12.6. The molecular weight excluding hydrogens is 366 g/mol. The molecule has 0 aliphatic rings. The summed E-state index contributed by atoms with van der Waals surface area (Å²) in [4.78, 5) is 11.4. The molecule has 7 nitrogen and oxygen atoms in total. The minimum atomic E-state index is -3.81. The van der Waals surface area contributed by atoms with E-state index in [4.69, 9.17) is 16.7 Å². The zero-order valence-corrected chi connectivity index (χ0v) is 14.2. The minimum absolute atomic E-state index is 0.0325. The molecule has 1 aromatic heterocycles. The van der Waals surface area contributed by atoms with Gasteiger partial charge in [-0.25, -0.2) is 18.4 Å². The summed E-state index contributed by atoms with van der Waals surface area (Å²) in [7, 11) is -3.81. The van der Waals surface area contributed by atoms with Gasteiger partial charge in [0.05, 0.1) is 16.8 Å². The van der Waals surface area contributed by atoms with E-state index in [1.54, 1.807) is 36.4 Å². The minimum Gasteiger partial charge on any atom is -0.463 e. The van der Waals surface area contributed by atoms with Crippen molar-refractivity contribution in [2.45, 2.75) is 4.90 Å². The Balaban J connectivity index is 2.17. The van der Waals surface area contributed by atoms with Gasteiger partial charge in [-0.3, -0.25) is 0 Å². The molecule has 3 N–H and O–H groups in total. The fraction of sp³-hybridized carbons (Fsp3) is 0. The summed E-state index contributed by atoms with van der Waals surface area (Å²) in [6.07, 6.45) is 0.168. The highest BCUT2D eigenvalue weighted by molar-refractivity contribution is 7.89. The van der Waals surface area contributed by atoms with Gasteiger partial charge >= 0.3 is 6.09 Å². The van der Waals surface area contributed by atoms with Crippen molar-refractivity contribution in [3.63, 3.8) is 0 Å². The molecule has 2 aromatic carbocycles. The van der Waals surface area contributed by atoms with E-state index < -0.39 is 16.1 Å². The normalized spacial score (nSPS) is 11.4. The quantitative estimate of drug-likeness (QED) is 0.727. The van der Waals surface area contributed by atoms with Crippen molar-refractivity contribution in [1.29, 1.82) is 0 Å². The van der Waals surface area contributed by atoms with Crippen LogP contribution < -0.4 is 5.14 Å². The van der Waals surface area contributed by atoms with Gasteiger partial charge in [-0.1, -0.05) is 35.9 Å². The highest BCUT2D eigenvalue weighted by atomic mass is 35.5. The third-order valence-electron chi connectivity index (χ3n) is 3.56. The number of nitrogens with two attached hydrogens (primary N) is 1. The number of sulfonamides is 1. The van der Waals surface area contributed by atoms with E-state index in [1.807, 2.05) is 0 Å². The van der Waals surface area contributed by atoms with Gasteiger partial charge < -0.3 is 5.11 Å². The molecule has 3 rings (SSSR count). The number of carbonyl (C=O) groups is 1. The van der Waals surface area contributed by atoms with Crippen LogP contribution in [0.5, 0.6) is 0 Å². The highest BCUT2D eigenvalue weighted by Crippen LogP contribution is 2.33. The Kier molecular flexibility index (Phi) is 4.34. The molecule has 0 radical (unpaired) electrons. The lowest BCUT2D eigenvalue weighted by Crippen LogP contribution is -2.12. The van der Waals surface area contributed by atoms with Crippen LogP contribution in [0.3, 0.4) is 0 Å². The molecule has 0 saturated carbocycles. The molecule has 0 aliphatic carbocycles. The Morgan fingerprint density at radius 1 is 1.04 bits per heavy atom. The maximum absolute atomic E-state index is 11.5. The summed E-state index contributed by atoms with van der Waals surface area (Å²) in [5, 5.41) is 18.9. The van der Waals surface area contributed by atoms with Crippen LogP contribution in [0, 0.1) is 0 Å². The first-order valence-corrected chi connectivity index (χ1v) is 8.90. The van der Waals surface area contributed by atoms with Crippen LogP contribution in [0.1, 0.15) is 0 Å². The second-order valence-electron chi connectivity index (χ2n) is 5.18. The monoisotopic (exact) mass is 377 g/mol. The number of hydrogen-bond donors (Lipinski definition) is 2. The van der Waals surface area contributed by atoms with Crippen LogP contribution in [0.25, 0.3) is 22.4 Å². The molecule has 0 atom stereocenters. The maximum atomic E-state index is 11.5. The first-order chi connectivity index (χ1) is 11.8. The third kappa shape index (κ3) is 3.41. The van der Waals surface area contributed by atoms with Crippen LogP contribution in [-0.4, -0.2) is 29.4 Å². The molecular formula is C16H12ClN3O4S. The van der Waals surface area contributed by atoms with E-state index in [0.717, 1.165) is 4.68 Å². The molecule has 0 aliphatic heterocycles. The molecule has 0 saturated heterocycles. The zero-order chi connectivity index (χ0) is 18.2. The number of hydrogen-bond acceptors (Lipinski definition) is 4. The van der Waals surface area contributed by atoms with E-state index in [9.17, 15) is 18.3 Å². The average molecular weight is 378 g/mol. The maximum Gasteiger partial charge on any atom is 0.432 e. The molecule has 0 unspecified atom stereocenters. The Morgan fingerprint density at radius 2 is 1.60 bits per heavy atom. The smallest absolute Gasteiger partial charge is 0.432 e. The number of rotatable bonds is 3. The number of nitrogens with zero attached hydrogens (tertiary/aromatic N) is 2. The van der Waals surface area contributed by atoms with Gasteiger partial charge in [0.1, 0.15) is 0 Å². The highest BCUT2D eigenvalue weighted by Gasteiger charge is 2.19. The third-order valence-corrected chi connectivity index (χ3v) is 4.74. The molecule has 25 heavy (non-hydrogen) atoms. The number of aromatic nitrogens is 2. The van der Waals surface area contributed by atoms with E-state index in [2.05, 4.69) is 5.10 Å². The van der Waals surface area contributed by atoms with E-state index >= 15 is 0 Å². The molecule has 3 aromatic rings. The van der Waals surface area contributed by atoms with Crippen LogP contribution in [-0.2, 0) is 10.0 Å². The summed E-state index contributed by atoms with van der Waals surface area (Å²) in [6, 6.07) is 12.4. The first-order valence-electron chi connectivity index (χ1n) is 6.98.